The fourth-order valence-electron chi connectivity index (χ4n) is 3.92. The molecule has 2 aromatic heterocycles. The van der Waals surface area contributed by atoms with Crippen molar-refractivity contribution in [1.82, 2.24) is 9.78 Å². The normalized spacial score (nSPS) is 13.8. The van der Waals surface area contributed by atoms with Gasteiger partial charge in [0.2, 0.25) is 0 Å². The Hall–Kier alpha value is -4.23. The number of nitrogens with zero attached hydrogens (tertiary/aromatic N) is 4. The summed E-state index contributed by atoms with van der Waals surface area (Å²) in [6.45, 7) is 1.64. The first kappa shape index (κ1) is 20.7. The molecule has 0 saturated carbocycles. The third-order valence-electron chi connectivity index (χ3n) is 5.37. The molecule has 0 fully saturated rings. The average Bonchev–Trinajstić information content (AvgIpc) is 3.26. The van der Waals surface area contributed by atoms with Gasteiger partial charge >= 0.3 is 5.91 Å². The minimum atomic E-state index is -0.580. The van der Waals surface area contributed by atoms with Crippen molar-refractivity contribution < 1.29 is 19.3 Å². The second kappa shape index (κ2) is 8.03. The summed E-state index contributed by atoms with van der Waals surface area (Å²) in [4.78, 5) is 28.2. The quantitative estimate of drug-likeness (QED) is 0.349. The maximum atomic E-state index is 13.6. The summed E-state index contributed by atoms with van der Waals surface area (Å²) in [5.74, 6) is -1.61. The molecule has 2 aromatic carbocycles. The number of benzene rings is 2. The summed E-state index contributed by atoms with van der Waals surface area (Å²) in [6, 6.07) is 20.6. The van der Waals surface area contributed by atoms with Crippen LogP contribution in [0.5, 0.6) is 5.88 Å². The predicted octanol–water partition coefficient (Wildman–Crippen LogP) is 3.14. The molecule has 33 heavy (non-hydrogen) atoms. The van der Waals surface area contributed by atoms with E-state index in [-0.39, 0.29) is 16.8 Å². The Morgan fingerprint density at radius 2 is 1.55 bits per heavy atom. The van der Waals surface area contributed by atoms with Crippen LogP contribution in [0.4, 0.5) is 5.69 Å². The van der Waals surface area contributed by atoms with E-state index in [2.05, 4.69) is 5.10 Å². The fraction of sp³-hybridized carbons (Fsp3) is 0.0400. The second-order valence-electron chi connectivity index (χ2n) is 7.44. The number of halogens is 1. The fourth-order valence-corrected chi connectivity index (χ4v) is 4.10. The van der Waals surface area contributed by atoms with E-state index < -0.39 is 17.7 Å². The molecule has 1 aliphatic heterocycles. The molecule has 5 rings (SSSR count). The number of hydrogen-bond donors (Lipinski definition) is 0. The van der Waals surface area contributed by atoms with E-state index in [4.69, 9.17) is 11.6 Å². The van der Waals surface area contributed by atoms with Gasteiger partial charge in [-0.3, -0.25) is 9.59 Å². The Morgan fingerprint density at radius 3 is 2.24 bits per heavy atom. The van der Waals surface area contributed by atoms with Crippen molar-refractivity contribution in [1.29, 1.82) is 0 Å². The van der Waals surface area contributed by atoms with Crippen molar-refractivity contribution in [2.75, 3.05) is 4.90 Å². The number of pyridine rings is 1. The van der Waals surface area contributed by atoms with Gasteiger partial charge in [0.15, 0.2) is 12.4 Å². The third kappa shape index (κ3) is 3.39. The summed E-state index contributed by atoms with van der Waals surface area (Å²) >= 11 is 6.09. The standard InChI is InChI=1S/C25H17ClN4O3/c1-16-20(24(32)30(27-16)19-12-8-9-17(26)15-19)21-22(28-13-6-3-7-14-28)25(33)29(23(21)31)18-10-4-2-5-11-18/h2-15H,1H3. The van der Waals surface area contributed by atoms with Crippen LogP contribution in [0.3, 0.4) is 0 Å². The maximum absolute atomic E-state index is 13.6. The highest BCUT2D eigenvalue weighted by Crippen LogP contribution is 2.38. The van der Waals surface area contributed by atoms with Crippen LogP contribution in [0.2, 0.25) is 5.02 Å². The maximum Gasteiger partial charge on any atom is 0.331 e. The van der Waals surface area contributed by atoms with Crippen LogP contribution < -0.4 is 14.6 Å². The van der Waals surface area contributed by atoms with Crippen molar-refractivity contribution in [3.63, 3.8) is 0 Å². The number of imide groups is 1. The molecule has 0 bridgehead atoms. The van der Waals surface area contributed by atoms with Crippen molar-refractivity contribution in [2.24, 2.45) is 0 Å². The Bertz CT molecular complexity index is 1430. The van der Waals surface area contributed by atoms with E-state index in [1.165, 1.54) is 4.68 Å². The lowest BCUT2D eigenvalue weighted by molar-refractivity contribution is -0.576. The number of carbonyl (C=O) groups is 2. The van der Waals surface area contributed by atoms with E-state index in [9.17, 15) is 14.7 Å². The highest BCUT2D eigenvalue weighted by Gasteiger charge is 2.47. The van der Waals surface area contributed by atoms with Crippen LogP contribution in [0, 0.1) is 6.92 Å². The summed E-state index contributed by atoms with van der Waals surface area (Å²) in [5.41, 5.74) is 1.40. The van der Waals surface area contributed by atoms with Gasteiger partial charge in [-0.25, -0.2) is 9.58 Å². The van der Waals surface area contributed by atoms with Crippen LogP contribution in [0.15, 0.2) is 85.2 Å². The third-order valence-corrected chi connectivity index (χ3v) is 5.60. The molecule has 0 atom stereocenters. The monoisotopic (exact) mass is 456 g/mol. The number of amides is 2. The number of hydrogen-bond acceptors (Lipinski definition) is 4. The van der Waals surface area contributed by atoms with Gasteiger partial charge in [-0.05, 0) is 43.1 Å². The van der Waals surface area contributed by atoms with Crippen molar-refractivity contribution in [3.05, 3.63) is 101 Å². The summed E-state index contributed by atoms with van der Waals surface area (Å²) in [7, 11) is 0. The zero-order valence-corrected chi connectivity index (χ0v) is 18.2. The van der Waals surface area contributed by atoms with Gasteiger partial charge in [-0.1, -0.05) is 41.9 Å². The predicted molar refractivity (Wildman–Crippen MR) is 121 cm³/mol. The van der Waals surface area contributed by atoms with Crippen molar-refractivity contribution >= 4 is 40.4 Å². The number of carbonyl (C=O) groups excluding carboxylic acids is 2. The molecule has 0 spiro atoms. The molecule has 162 valence electrons. The molecule has 0 N–H and O–H groups in total. The van der Waals surface area contributed by atoms with Gasteiger partial charge in [0.25, 0.3) is 11.6 Å². The van der Waals surface area contributed by atoms with Crippen LogP contribution in [0.1, 0.15) is 11.3 Å². The second-order valence-corrected chi connectivity index (χ2v) is 7.88. The number of aromatic nitrogens is 3. The van der Waals surface area contributed by atoms with Crippen LogP contribution in [-0.4, -0.2) is 21.6 Å². The SMILES string of the molecule is Cc1nn(-c2cccc(Cl)c2)c([O-])c1C1=C([n+]2ccccc2)C(=O)N(c2ccccc2)C1=O. The van der Waals surface area contributed by atoms with Crippen molar-refractivity contribution in [2.45, 2.75) is 6.92 Å². The number of rotatable bonds is 4. The topological polar surface area (TPSA) is 82.1 Å². The van der Waals surface area contributed by atoms with Gasteiger partial charge in [-0.15, -0.1) is 0 Å². The minimum Gasteiger partial charge on any atom is -0.858 e. The molecule has 2 amide bonds. The molecule has 0 unspecified atom stereocenters. The molecule has 0 radical (unpaired) electrons. The molecular formula is C25H17ClN4O3. The molecular weight excluding hydrogens is 440 g/mol. The number of anilines is 1. The first-order valence-corrected chi connectivity index (χ1v) is 10.5. The van der Waals surface area contributed by atoms with E-state index in [0.717, 1.165) is 4.90 Å². The molecule has 1 aliphatic rings. The van der Waals surface area contributed by atoms with E-state index in [1.54, 1.807) is 96.7 Å². The summed E-state index contributed by atoms with van der Waals surface area (Å²) in [5, 5.41) is 18.3. The summed E-state index contributed by atoms with van der Waals surface area (Å²) < 4.78 is 2.74. The summed E-state index contributed by atoms with van der Waals surface area (Å²) in [6.07, 6.45) is 3.33. The van der Waals surface area contributed by atoms with Gasteiger partial charge < -0.3 is 5.11 Å². The lowest BCUT2D eigenvalue weighted by atomic mass is 10.0. The zero-order valence-electron chi connectivity index (χ0n) is 17.5. The first-order chi connectivity index (χ1) is 16.0. The van der Waals surface area contributed by atoms with Gasteiger partial charge in [0.05, 0.1) is 17.1 Å². The first-order valence-electron chi connectivity index (χ1n) is 10.1. The van der Waals surface area contributed by atoms with Gasteiger partial charge in [0, 0.05) is 22.7 Å². The molecule has 3 heterocycles. The van der Waals surface area contributed by atoms with E-state index in [0.29, 0.717) is 22.1 Å². The highest BCUT2D eigenvalue weighted by molar-refractivity contribution is 6.53. The van der Waals surface area contributed by atoms with Crippen molar-refractivity contribution in [3.8, 4) is 11.6 Å². The van der Waals surface area contributed by atoms with Crippen LogP contribution >= 0.6 is 11.6 Å². The van der Waals surface area contributed by atoms with Gasteiger partial charge in [0.1, 0.15) is 5.57 Å². The molecule has 0 saturated heterocycles. The van der Waals surface area contributed by atoms with Crippen LogP contribution in [-0.2, 0) is 9.59 Å². The molecule has 0 aliphatic carbocycles. The van der Waals surface area contributed by atoms with Crippen LogP contribution in [0.25, 0.3) is 17.0 Å². The van der Waals surface area contributed by atoms with E-state index in [1.807, 2.05) is 0 Å². The zero-order chi connectivity index (χ0) is 23.1. The molecule has 4 aromatic rings. The smallest absolute Gasteiger partial charge is 0.331 e. The number of para-hydroxylation sites is 1. The Labute approximate surface area is 194 Å². The average molecular weight is 457 g/mol. The highest BCUT2D eigenvalue weighted by atomic mass is 35.5. The number of aryl methyl sites for hydroxylation is 1. The lowest BCUT2D eigenvalue weighted by Crippen LogP contribution is -2.39. The Balaban J connectivity index is 1.75. The molecule has 7 nitrogen and oxygen atoms in total. The lowest BCUT2D eigenvalue weighted by Gasteiger charge is -2.15. The largest absolute Gasteiger partial charge is 0.858 e. The minimum absolute atomic E-state index is 0.0100. The molecule has 8 heteroatoms. The van der Waals surface area contributed by atoms with Gasteiger partial charge in [-0.2, -0.15) is 9.67 Å². The van der Waals surface area contributed by atoms with E-state index >= 15 is 0 Å². The Morgan fingerprint density at radius 1 is 0.879 bits per heavy atom. The Kier molecular flexibility index (Phi) is 5.03.